The number of aromatic nitrogens is 3. The summed E-state index contributed by atoms with van der Waals surface area (Å²) < 4.78 is 0. The van der Waals surface area contributed by atoms with Gasteiger partial charge in [0.25, 0.3) is 0 Å². The molecule has 1 saturated carbocycles. The first-order valence-corrected chi connectivity index (χ1v) is 10.3. The van der Waals surface area contributed by atoms with Crippen LogP contribution < -0.4 is 5.69 Å². The van der Waals surface area contributed by atoms with Crippen molar-refractivity contribution in [3.63, 3.8) is 0 Å². The van der Waals surface area contributed by atoms with Gasteiger partial charge in [-0.15, -0.1) is 0 Å². The second kappa shape index (κ2) is 8.45. The van der Waals surface area contributed by atoms with Crippen molar-refractivity contribution in [2.75, 3.05) is 0 Å². The molecule has 29 heavy (non-hydrogen) atoms. The molecule has 2 aromatic carbocycles. The van der Waals surface area contributed by atoms with Gasteiger partial charge in [-0.05, 0) is 62.1 Å². The summed E-state index contributed by atoms with van der Waals surface area (Å²) in [7, 11) is 0. The van der Waals surface area contributed by atoms with Gasteiger partial charge in [0, 0.05) is 22.6 Å². The highest BCUT2D eigenvalue weighted by molar-refractivity contribution is 5.66. The monoisotopic (exact) mass is 383 g/mol. The molecule has 1 aromatic heterocycles. The second-order valence-corrected chi connectivity index (χ2v) is 7.77. The van der Waals surface area contributed by atoms with E-state index in [2.05, 4.69) is 26.8 Å². The molecule has 0 spiro atoms. The Kier molecular flexibility index (Phi) is 5.57. The molecule has 4 rings (SSSR count). The quantitative estimate of drug-likeness (QED) is 0.630. The third-order valence-corrected chi connectivity index (χ3v) is 5.54. The van der Waals surface area contributed by atoms with Crippen LogP contribution in [0.1, 0.15) is 48.8 Å². The highest BCUT2D eigenvalue weighted by Crippen LogP contribution is 2.25. The minimum atomic E-state index is -0.395. The number of aryl methyl sites for hydroxylation is 2. The smallest absolute Gasteiger partial charge is 0.290 e. The maximum Gasteiger partial charge on any atom is 0.348 e. The predicted molar refractivity (Wildman–Crippen MR) is 116 cm³/mol. The molecular formula is C25H25N3O. The standard InChI is InChI=1S/C25H25N3O/c1-17-7-6-8-18(2)22(17)24-26-23(27-25(29)28-24)21-15-13-20(14-16-21)12-11-19-9-4-3-5-10-19/h6-8,13-16,19H,3-5,9-10H2,1-2H3,(H,26,27,28,29). The maximum absolute atomic E-state index is 12.2. The Labute approximate surface area is 171 Å². The Bertz CT molecular complexity index is 1110. The number of hydrogen-bond donors (Lipinski definition) is 1. The van der Waals surface area contributed by atoms with Gasteiger partial charge >= 0.3 is 5.69 Å². The minimum absolute atomic E-state index is 0.395. The molecule has 0 saturated heterocycles. The summed E-state index contributed by atoms with van der Waals surface area (Å²) in [5, 5.41) is 0. The van der Waals surface area contributed by atoms with E-state index < -0.39 is 5.69 Å². The molecule has 3 aromatic rings. The molecular weight excluding hydrogens is 358 g/mol. The van der Waals surface area contributed by atoms with E-state index in [1.807, 2.05) is 56.3 Å². The van der Waals surface area contributed by atoms with Gasteiger partial charge in [-0.3, -0.25) is 4.98 Å². The second-order valence-electron chi connectivity index (χ2n) is 7.77. The van der Waals surface area contributed by atoms with E-state index in [-0.39, 0.29) is 0 Å². The van der Waals surface area contributed by atoms with Crippen molar-refractivity contribution in [3.8, 4) is 34.6 Å². The van der Waals surface area contributed by atoms with Gasteiger partial charge in [-0.25, -0.2) is 9.78 Å². The van der Waals surface area contributed by atoms with Gasteiger partial charge in [0.2, 0.25) is 0 Å². The molecule has 0 amide bonds. The van der Waals surface area contributed by atoms with E-state index >= 15 is 0 Å². The molecule has 4 nitrogen and oxygen atoms in total. The zero-order chi connectivity index (χ0) is 20.2. The molecule has 1 aliphatic carbocycles. The molecule has 1 heterocycles. The highest BCUT2D eigenvalue weighted by atomic mass is 16.1. The van der Waals surface area contributed by atoms with Crippen LogP contribution in [0.5, 0.6) is 0 Å². The van der Waals surface area contributed by atoms with Gasteiger partial charge in [-0.2, -0.15) is 4.98 Å². The van der Waals surface area contributed by atoms with Crippen LogP contribution in [0.15, 0.2) is 47.3 Å². The summed E-state index contributed by atoms with van der Waals surface area (Å²) in [4.78, 5) is 23.7. The van der Waals surface area contributed by atoms with Crippen LogP contribution in [-0.4, -0.2) is 15.0 Å². The van der Waals surface area contributed by atoms with Crippen molar-refractivity contribution in [1.29, 1.82) is 0 Å². The van der Waals surface area contributed by atoms with E-state index in [9.17, 15) is 4.79 Å². The number of hydrogen-bond acceptors (Lipinski definition) is 3. The lowest BCUT2D eigenvalue weighted by Gasteiger charge is -2.15. The fourth-order valence-electron chi connectivity index (χ4n) is 3.95. The van der Waals surface area contributed by atoms with Gasteiger partial charge in [-0.1, -0.05) is 49.3 Å². The van der Waals surface area contributed by atoms with Crippen LogP contribution in [0.4, 0.5) is 0 Å². The number of benzene rings is 2. The summed E-state index contributed by atoms with van der Waals surface area (Å²) in [5.74, 6) is 8.22. The van der Waals surface area contributed by atoms with E-state index in [1.165, 1.54) is 32.1 Å². The first kappa shape index (κ1) is 19.1. The number of rotatable bonds is 2. The zero-order valence-corrected chi connectivity index (χ0v) is 17.0. The first-order chi connectivity index (χ1) is 14.1. The summed E-state index contributed by atoms with van der Waals surface area (Å²) in [6.07, 6.45) is 6.36. The number of aromatic amines is 1. The largest absolute Gasteiger partial charge is 0.348 e. The normalized spacial score (nSPS) is 14.3. The molecule has 1 N–H and O–H groups in total. The fraction of sp³-hybridized carbons (Fsp3) is 0.320. The van der Waals surface area contributed by atoms with Crippen molar-refractivity contribution in [2.45, 2.75) is 46.0 Å². The lowest BCUT2D eigenvalue weighted by atomic mass is 9.89. The van der Waals surface area contributed by atoms with Gasteiger partial charge in [0.05, 0.1) is 0 Å². The van der Waals surface area contributed by atoms with Crippen LogP contribution in [0, 0.1) is 31.6 Å². The molecule has 0 atom stereocenters. The minimum Gasteiger partial charge on any atom is -0.290 e. The lowest BCUT2D eigenvalue weighted by molar-refractivity contribution is 0.430. The van der Waals surface area contributed by atoms with Crippen molar-refractivity contribution in [3.05, 3.63) is 69.6 Å². The molecule has 1 aliphatic rings. The maximum atomic E-state index is 12.2. The van der Waals surface area contributed by atoms with Gasteiger partial charge in [0.1, 0.15) is 5.82 Å². The Morgan fingerprint density at radius 1 is 0.931 bits per heavy atom. The predicted octanol–water partition coefficient (Wildman–Crippen LogP) is 5.05. The molecule has 146 valence electrons. The lowest BCUT2D eigenvalue weighted by Crippen LogP contribution is -2.15. The van der Waals surface area contributed by atoms with Crippen LogP contribution >= 0.6 is 0 Å². The van der Waals surface area contributed by atoms with E-state index in [0.717, 1.165) is 27.8 Å². The van der Waals surface area contributed by atoms with Crippen LogP contribution in [-0.2, 0) is 0 Å². The summed E-state index contributed by atoms with van der Waals surface area (Å²) in [6.45, 7) is 4.03. The van der Waals surface area contributed by atoms with Crippen molar-refractivity contribution in [2.24, 2.45) is 5.92 Å². The Hall–Kier alpha value is -3.19. The summed E-state index contributed by atoms with van der Waals surface area (Å²) in [6, 6.07) is 13.9. The van der Waals surface area contributed by atoms with Crippen LogP contribution in [0.3, 0.4) is 0 Å². The fourth-order valence-corrected chi connectivity index (χ4v) is 3.95. The van der Waals surface area contributed by atoms with Crippen LogP contribution in [0.2, 0.25) is 0 Å². The van der Waals surface area contributed by atoms with E-state index in [4.69, 9.17) is 0 Å². The van der Waals surface area contributed by atoms with E-state index in [0.29, 0.717) is 17.6 Å². The third kappa shape index (κ3) is 4.46. The molecule has 0 unspecified atom stereocenters. The first-order valence-electron chi connectivity index (χ1n) is 10.3. The Morgan fingerprint density at radius 2 is 1.62 bits per heavy atom. The summed E-state index contributed by atoms with van der Waals surface area (Å²) >= 11 is 0. The van der Waals surface area contributed by atoms with Crippen molar-refractivity contribution < 1.29 is 0 Å². The summed E-state index contributed by atoms with van der Waals surface area (Å²) in [5.41, 5.74) is 4.49. The Morgan fingerprint density at radius 3 is 2.31 bits per heavy atom. The van der Waals surface area contributed by atoms with Crippen molar-refractivity contribution in [1.82, 2.24) is 15.0 Å². The highest BCUT2D eigenvalue weighted by Gasteiger charge is 2.12. The SMILES string of the molecule is Cc1cccc(C)c1-c1nc(-c2ccc(C#CC3CCCCC3)cc2)nc(=O)[nH]1. The molecule has 0 aliphatic heterocycles. The van der Waals surface area contributed by atoms with Crippen molar-refractivity contribution >= 4 is 0 Å². The number of nitrogens with zero attached hydrogens (tertiary/aromatic N) is 2. The third-order valence-electron chi connectivity index (χ3n) is 5.54. The number of nitrogens with one attached hydrogen (secondary N) is 1. The molecule has 0 bridgehead atoms. The molecule has 0 radical (unpaired) electrons. The van der Waals surface area contributed by atoms with E-state index in [1.54, 1.807) is 0 Å². The average Bonchev–Trinajstić information content (AvgIpc) is 2.73. The Balaban J connectivity index is 1.63. The zero-order valence-electron chi connectivity index (χ0n) is 17.0. The number of H-pyrrole nitrogens is 1. The molecule has 4 heteroatoms. The molecule has 1 fully saturated rings. The van der Waals surface area contributed by atoms with Crippen LogP contribution in [0.25, 0.3) is 22.8 Å². The van der Waals surface area contributed by atoms with Gasteiger partial charge in [0.15, 0.2) is 5.82 Å². The van der Waals surface area contributed by atoms with Gasteiger partial charge < -0.3 is 0 Å². The average molecular weight is 383 g/mol. The topological polar surface area (TPSA) is 58.6 Å².